The molecular formula is C10H8BrNOS. The summed E-state index contributed by atoms with van der Waals surface area (Å²) >= 11 is 4.86. The molecule has 0 fully saturated rings. The number of hydrogen-bond acceptors (Lipinski definition) is 3. The molecule has 2 nitrogen and oxygen atoms in total. The normalized spacial score (nSPS) is 10.6. The van der Waals surface area contributed by atoms with Crippen molar-refractivity contribution in [3.63, 3.8) is 0 Å². The molecule has 2 rings (SSSR count). The van der Waals surface area contributed by atoms with Gasteiger partial charge in [0.05, 0.1) is 10.6 Å². The highest BCUT2D eigenvalue weighted by Crippen LogP contribution is 2.35. The lowest BCUT2D eigenvalue weighted by molar-refractivity contribution is 0.112. The third kappa shape index (κ3) is 1.35. The van der Waals surface area contributed by atoms with Crippen molar-refractivity contribution in [1.29, 1.82) is 0 Å². The molecule has 4 heteroatoms. The van der Waals surface area contributed by atoms with E-state index >= 15 is 0 Å². The number of hydrogen-bond donors (Lipinski definition) is 1. The Labute approximate surface area is 93.9 Å². The summed E-state index contributed by atoms with van der Waals surface area (Å²) in [6.07, 6.45) is 0.834. The van der Waals surface area contributed by atoms with Crippen LogP contribution in [0.5, 0.6) is 0 Å². The van der Waals surface area contributed by atoms with E-state index in [-0.39, 0.29) is 0 Å². The van der Waals surface area contributed by atoms with Crippen LogP contribution in [-0.4, -0.2) is 6.29 Å². The van der Waals surface area contributed by atoms with Crippen LogP contribution in [0.4, 0.5) is 5.00 Å². The Balaban J connectivity index is 2.89. The monoisotopic (exact) mass is 269 g/mol. The van der Waals surface area contributed by atoms with Crippen LogP contribution in [0.2, 0.25) is 0 Å². The minimum Gasteiger partial charge on any atom is -0.390 e. The van der Waals surface area contributed by atoms with Gasteiger partial charge in [0.25, 0.3) is 0 Å². The lowest BCUT2D eigenvalue weighted by Gasteiger charge is -1.98. The highest BCUT2D eigenvalue weighted by Gasteiger charge is 2.11. The molecular weight excluding hydrogens is 262 g/mol. The van der Waals surface area contributed by atoms with Crippen LogP contribution in [0.1, 0.15) is 15.9 Å². The second-order valence-corrected chi connectivity index (χ2v) is 4.57. The number of aldehydes is 1. The van der Waals surface area contributed by atoms with E-state index in [4.69, 9.17) is 5.73 Å². The Morgan fingerprint density at radius 2 is 2.29 bits per heavy atom. The van der Waals surface area contributed by atoms with Crippen molar-refractivity contribution >= 4 is 48.6 Å². The molecule has 0 radical (unpaired) electrons. The number of anilines is 1. The predicted octanol–water partition coefficient (Wildman–Crippen LogP) is 3.19. The zero-order valence-corrected chi connectivity index (χ0v) is 9.69. The number of carbonyl (C=O) groups excluding carboxylic acids is 1. The van der Waals surface area contributed by atoms with Gasteiger partial charge in [-0.05, 0) is 11.6 Å². The third-order valence-corrected chi connectivity index (χ3v) is 3.73. The topological polar surface area (TPSA) is 43.1 Å². The van der Waals surface area contributed by atoms with E-state index in [9.17, 15) is 4.79 Å². The number of carbonyl (C=O) groups is 1. The molecule has 2 N–H and O–H groups in total. The summed E-state index contributed by atoms with van der Waals surface area (Å²) in [7, 11) is 0. The van der Waals surface area contributed by atoms with Gasteiger partial charge in [-0.15, -0.1) is 11.3 Å². The number of rotatable bonds is 2. The number of nitrogen functional groups attached to an aromatic ring is 1. The molecule has 0 aliphatic carbocycles. The number of thiophene rings is 1. The van der Waals surface area contributed by atoms with Crippen molar-refractivity contribution in [3.8, 4) is 0 Å². The average Bonchev–Trinajstić information content (AvgIpc) is 2.52. The van der Waals surface area contributed by atoms with Gasteiger partial charge in [0.2, 0.25) is 0 Å². The van der Waals surface area contributed by atoms with E-state index in [1.54, 1.807) is 0 Å². The van der Waals surface area contributed by atoms with Gasteiger partial charge < -0.3 is 5.73 Å². The van der Waals surface area contributed by atoms with Gasteiger partial charge in [-0.1, -0.05) is 28.1 Å². The third-order valence-electron chi connectivity index (χ3n) is 2.13. The minimum absolute atomic E-state index is 0.600. The molecule has 2 aromatic rings. The first-order valence-electron chi connectivity index (χ1n) is 4.09. The molecule has 0 bridgehead atoms. The Kier molecular flexibility index (Phi) is 2.56. The molecule has 0 amide bonds. The highest BCUT2D eigenvalue weighted by molar-refractivity contribution is 9.08. The smallest absolute Gasteiger partial charge is 0.153 e. The summed E-state index contributed by atoms with van der Waals surface area (Å²) in [6, 6.07) is 5.95. The first-order valence-corrected chi connectivity index (χ1v) is 6.02. The molecule has 1 aromatic carbocycles. The Morgan fingerprint density at radius 3 is 2.93 bits per heavy atom. The molecule has 0 atom stereocenters. The van der Waals surface area contributed by atoms with E-state index in [0.29, 0.717) is 10.6 Å². The molecule has 1 aromatic heterocycles. The first-order chi connectivity index (χ1) is 6.77. The fraction of sp³-hybridized carbons (Fsp3) is 0.100. The Bertz CT molecular complexity index is 492. The standard InChI is InChI=1S/C10H8BrNOS/c11-4-6-2-1-3-8-9(6)7(5-13)10(12)14-8/h1-3,5H,4,12H2. The van der Waals surface area contributed by atoms with Crippen molar-refractivity contribution < 1.29 is 4.79 Å². The van der Waals surface area contributed by atoms with Gasteiger partial charge in [-0.3, -0.25) is 4.79 Å². The van der Waals surface area contributed by atoms with Crippen LogP contribution in [0.15, 0.2) is 18.2 Å². The molecule has 0 aliphatic heterocycles. The van der Waals surface area contributed by atoms with Crippen molar-refractivity contribution in [2.75, 3.05) is 5.73 Å². The Hall–Kier alpha value is -0.870. The van der Waals surface area contributed by atoms with Crippen LogP contribution in [0, 0.1) is 0 Å². The number of nitrogens with two attached hydrogens (primary N) is 1. The van der Waals surface area contributed by atoms with Crippen molar-refractivity contribution in [1.82, 2.24) is 0 Å². The number of benzene rings is 1. The van der Waals surface area contributed by atoms with Gasteiger partial charge in [-0.25, -0.2) is 0 Å². The lowest BCUT2D eigenvalue weighted by atomic mass is 10.1. The van der Waals surface area contributed by atoms with E-state index < -0.39 is 0 Å². The quantitative estimate of drug-likeness (QED) is 0.672. The average molecular weight is 270 g/mol. The molecule has 0 aliphatic rings. The summed E-state index contributed by atoms with van der Waals surface area (Å²) in [6.45, 7) is 0. The number of halogens is 1. The van der Waals surface area contributed by atoms with Crippen LogP contribution >= 0.6 is 27.3 Å². The predicted molar refractivity (Wildman–Crippen MR) is 64.3 cm³/mol. The molecule has 14 heavy (non-hydrogen) atoms. The summed E-state index contributed by atoms with van der Waals surface area (Å²) in [5.74, 6) is 0. The second-order valence-electron chi connectivity index (χ2n) is 2.92. The van der Waals surface area contributed by atoms with E-state index in [1.165, 1.54) is 11.3 Å². The van der Waals surface area contributed by atoms with Crippen LogP contribution in [0.25, 0.3) is 10.1 Å². The molecule has 0 spiro atoms. The molecule has 0 unspecified atom stereocenters. The number of fused-ring (bicyclic) bond motifs is 1. The second kappa shape index (κ2) is 3.71. The van der Waals surface area contributed by atoms with Crippen LogP contribution in [-0.2, 0) is 5.33 Å². The van der Waals surface area contributed by atoms with Gasteiger partial charge in [-0.2, -0.15) is 0 Å². The van der Waals surface area contributed by atoms with E-state index in [0.717, 1.165) is 27.3 Å². The molecule has 0 saturated heterocycles. The zero-order chi connectivity index (χ0) is 10.1. The fourth-order valence-corrected chi connectivity index (χ4v) is 2.95. The van der Waals surface area contributed by atoms with Crippen LogP contribution < -0.4 is 5.73 Å². The van der Waals surface area contributed by atoms with Crippen molar-refractivity contribution in [2.45, 2.75) is 5.33 Å². The summed E-state index contributed by atoms with van der Waals surface area (Å²) in [4.78, 5) is 10.9. The zero-order valence-electron chi connectivity index (χ0n) is 7.29. The van der Waals surface area contributed by atoms with Crippen LogP contribution in [0.3, 0.4) is 0 Å². The lowest BCUT2D eigenvalue weighted by Crippen LogP contribution is -1.88. The maximum Gasteiger partial charge on any atom is 0.153 e. The summed E-state index contributed by atoms with van der Waals surface area (Å²) in [5.41, 5.74) is 7.49. The van der Waals surface area contributed by atoms with E-state index in [2.05, 4.69) is 15.9 Å². The molecule has 1 heterocycles. The molecule has 0 saturated carbocycles. The number of alkyl halides is 1. The Morgan fingerprint density at radius 1 is 1.50 bits per heavy atom. The summed E-state index contributed by atoms with van der Waals surface area (Å²) < 4.78 is 1.07. The maximum absolute atomic E-state index is 10.9. The summed E-state index contributed by atoms with van der Waals surface area (Å²) in [5, 5.41) is 2.33. The fourth-order valence-electron chi connectivity index (χ4n) is 1.49. The van der Waals surface area contributed by atoms with Crippen molar-refractivity contribution in [3.05, 3.63) is 29.3 Å². The minimum atomic E-state index is 0.600. The van der Waals surface area contributed by atoms with Gasteiger partial charge in [0.15, 0.2) is 6.29 Å². The SMILES string of the molecule is Nc1sc2cccc(CBr)c2c1C=O. The van der Waals surface area contributed by atoms with E-state index in [1.807, 2.05) is 18.2 Å². The van der Waals surface area contributed by atoms with Crippen molar-refractivity contribution in [2.24, 2.45) is 0 Å². The van der Waals surface area contributed by atoms with Gasteiger partial charge in [0, 0.05) is 15.4 Å². The highest BCUT2D eigenvalue weighted by atomic mass is 79.9. The van der Waals surface area contributed by atoms with Gasteiger partial charge >= 0.3 is 0 Å². The maximum atomic E-state index is 10.9. The first kappa shape index (κ1) is 9.68. The largest absolute Gasteiger partial charge is 0.390 e. The van der Waals surface area contributed by atoms with Gasteiger partial charge in [0.1, 0.15) is 0 Å². The molecule has 72 valence electrons.